The van der Waals surface area contributed by atoms with E-state index in [4.69, 9.17) is 0 Å². The number of amides is 2. The van der Waals surface area contributed by atoms with Crippen LogP contribution in [0, 0.1) is 0 Å². The number of sulfonamides is 1. The van der Waals surface area contributed by atoms with Crippen LogP contribution in [0.2, 0.25) is 0 Å². The van der Waals surface area contributed by atoms with E-state index in [-0.39, 0.29) is 28.1 Å². The van der Waals surface area contributed by atoms with Crippen molar-refractivity contribution < 1.29 is 18.0 Å². The molecule has 0 aliphatic heterocycles. The minimum absolute atomic E-state index is 0.115. The Balaban J connectivity index is 2.36. The number of carbonyl (C=O) groups is 2. The summed E-state index contributed by atoms with van der Waals surface area (Å²) >= 11 is 3.50. The molecule has 156 valence electrons. The van der Waals surface area contributed by atoms with Crippen molar-refractivity contribution in [2.75, 3.05) is 5.32 Å². The summed E-state index contributed by atoms with van der Waals surface area (Å²) in [5, 5.41) is 2.72. The number of hydrogen-bond acceptors (Lipinski definition) is 4. The Kier molecular flexibility index (Phi) is 7.24. The summed E-state index contributed by atoms with van der Waals surface area (Å²) < 4.78 is 28.1. The molecule has 0 spiro atoms. The van der Waals surface area contributed by atoms with Crippen molar-refractivity contribution in [3.05, 3.63) is 57.6 Å². The molecule has 0 radical (unpaired) electrons. The van der Waals surface area contributed by atoms with E-state index in [1.54, 1.807) is 0 Å². The Bertz CT molecular complexity index is 1020. The van der Waals surface area contributed by atoms with E-state index >= 15 is 0 Å². The van der Waals surface area contributed by atoms with Gasteiger partial charge in [-0.2, -0.15) is 0 Å². The maximum absolute atomic E-state index is 12.6. The number of urea groups is 1. The smallest absolute Gasteiger partial charge is 0.307 e. The van der Waals surface area contributed by atoms with E-state index in [0.29, 0.717) is 5.69 Å². The van der Waals surface area contributed by atoms with Gasteiger partial charge in [-0.05, 0) is 54.2 Å². The second kappa shape index (κ2) is 9.09. The zero-order valence-corrected chi connectivity index (χ0v) is 19.4. The van der Waals surface area contributed by atoms with Crippen molar-refractivity contribution in [2.24, 2.45) is 0 Å². The lowest BCUT2D eigenvalue weighted by atomic mass is 9.93. The monoisotopic (exact) mass is 480 g/mol. The average molecular weight is 481 g/mol. The molecule has 0 aliphatic rings. The quantitative estimate of drug-likeness (QED) is 0.540. The first-order valence-electron chi connectivity index (χ1n) is 9.20. The van der Waals surface area contributed by atoms with Crippen LogP contribution in [0.5, 0.6) is 0 Å². The van der Waals surface area contributed by atoms with Gasteiger partial charge in [-0.15, -0.1) is 0 Å². The number of halogens is 1. The van der Waals surface area contributed by atoms with Gasteiger partial charge in [-0.1, -0.05) is 55.8 Å². The van der Waals surface area contributed by atoms with Crippen molar-refractivity contribution in [2.45, 2.75) is 51.3 Å². The molecule has 0 saturated heterocycles. The van der Waals surface area contributed by atoms with Crippen molar-refractivity contribution in [3.8, 4) is 0 Å². The third-order valence-electron chi connectivity index (χ3n) is 4.42. The van der Waals surface area contributed by atoms with Gasteiger partial charge in [0.15, 0.2) is 5.78 Å². The third-order valence-corrected chi connectivity index (χ3v) is 6.21. The van der Waals surface area contributed by atoms with Crippen LogP contribution in [-0.2, 0) is 10.0 Å². The van der Waals surface area contributed by atoms with Crippen LogP contribution in [0.4, 0.5) is 10.5 Å². The van der Waals surface area contributed by atoms with Crippen LogP contribution in [0.1, 0.15) is 67.9 Å². The lowest BCUT2D eigenvalue weighted by molar-refractivity contribution is 0.101. The third kappa shape index (κ3) is 5.67. The summed E-state index contributed by atoms with van der Waals surface area (Å²) in [5.41, 5.74) is 2.65. The predicted octanol–water partition coefficient (Wildman–Crippen LogP) is 5.41. The Labute approximate surface area is 180 Å². The zero-order chi connectivity index (χ0) is 21.9. The highest BCUT2D eigenvalue weighted by Crippen LogP contribution is 2.35. The fourth-order valence-corrected chi connectivity index (χ4v) is 4.35. The van der Waals surface area contributed by atoms with E-state index in [0.717, 1.165) is 15.6 Å². The van der Waals surface area contributed by atoms with E-state index < -0.39 is 16.1 Å². The average Bonchev–Trinajstić information content (AvgIpc) is 2.62. The van der Waals surface area contributed by atoms with Crippen LogP contribution in [0.25, 0.3) is 0 Å². The van der Waals surface area contributed by atoms with Crippen molar-refractivity contribution >= 4 is 43.5 Å². The minimum Gasteiger partial charge on any atom is -0.307 e. The summed E-state index contributed by atoms with van der Waals surface area (Å²) in [5.74, 6) is -0.0298. The van der Waals surface area contributed by atoms with E-state index in [1.807, 2.05) is 44.5 Å². The molecule has 2 amide bonds. The highest BCUT2D eigenvalue weighted by Gasteiger charge is 2.22. The number of rotatable bonds is 6. The van der Waals surface area contributed by atoms with Gasteiger partial charge in [0.2, 0.25) is 0 Å². The van der Waals surface area contributed by atoms with Gasteiger partial charge >= 0.3 is 6.03 Å². The number of benzene rings is 2. The maximum atomic E-state index is 12.6. The van der Waals surface area contributed by atoms with Gasteiger partial charge in [-0.25, -0.2) is 17.9 Å². The van der Waals surface area contributed by atoms with Gasteiger partial charge in [0.05, 0.1) is 4.90 Å². The number of nitrogens with one attached hydrogen (secondary N) is 2. The van der Waals surface area contributed by atoms with Crippen molar-refractivity contribution in [3.63, 3.8) is 0 Å². The standard InChI is InChI=1S/C21H25BrN2O4S/c1-12(2)18-10-16(22)11-19(13(3)4)20(18)23-21(26)24-29(27,28)17-8-6-7-15(9-17)14(5)25/h6-13H,1-5H3,(H2,23,24,26). The fraction of sp³-hybridized carbons (Fsp3) is 0.333. The normalized spacial score (nSPS) is 11.6. The van der Waals surface area contributed by atoms with Crippen LogP contribution in [0.15, 0.2) is 45.8 Å². The molecule has 29 heavy (non-hydrogen) atoms. The highest BCUT2D eigenvalue weighted by atomic mass is 79.9. The van der Waals surface area contributed by atoms with Crippen LogP contribution < -0.4 is 10.0 Å². The SMILES string of the molecule is CC(=O)c1cccc(S(=O)(=O)NC(=O)Nc2c(C(C)C)cc(Br)cc2C(C)C)c1. The molecule has 2 N–H and O–H groups in total. The van der Waals surface area contributed by atoms with Crippen LogP contribution >= 0.6 is 15.9 Å². The first-order chi connectivity index (χ1) is 13.4. The molecular weight excluding hydrogens is 456 g/mol. The molecule has 0 fully saturated rings. The fourth-order valence-electron chi connectivity index (χ4n) is 2.91. The maximum Gasteiger partial charge on any atom is 0.333 e. The van der Waals surface area contributed by atoms with Gasteiger partial charge in [-0.3, -0.25) is 4.79 Å². The molecule has 2 rings (SSSR count). The summed E-state index contributed by atoms with van der Waals surface area (Å²) in [6.07, 6.45) is 0. The number of ketones is 1. The number of Topliss-reactive ketones (excluding diaryl/α,β-unsaturated/α-hetero) is 1. The molecule has 8 heteroatoms. The molecular formula is C21H25BrN2O4S. The second-order valence-electron chi connectivity index (χ2n) is 7.41. The van der Waals surface area contributed by atoms with E-state index in [2.05, 4.69) is 21.2 Å². The molecule has 0 aliphatic carbocycles. The van der Waals surface area contributed by atoms with Gasteiger partial charge in [0.25, 0.3) is 10.0 Å². The van der Waals surface area contributed by atoms with Gasteiger partial charge in [0, 0.05) is 15.7 Å². The Morgan fingerprint density at radius 3 is 2.00 bits per heavy atom. The highest BCUT2D eigenvalue weighted by molar-refractivity contribution is 9.10. The largest absolute Gasteiger partial charge is 0.333 e. The lowest BCUT2D eigenvalue weighted by Gasteiger charge is -2.21. The number of hydrogen-bond donors (Lipinski definition) is 2. The number of carbonyl (C=O) groups excluding carboxylic acids is 2. The van der Waals surface area contributed by atoms with Gasteiger partial charge < -0.3 is 5.32 Å². The molecule has 2 aromatic carbocycles. The lowest BCUT2D eigenvalue weighted by Crippen LogP contribution is -2.35. The Hall–Kier alpha value is -2.19. The molecule has 2 aromatic rings. The molecule has 6 nitrogen and oxygen atoms in total. The van der Waals surface area contributed by atoms with Crippen LogP contribution in [0.3, 0.4) is 0 Å². The van der Waals surface area contributed by atoms with E-state index in [1.165, 1.54) is 31.2 Å². The van der Waals surface area contributed by atoms with Crippen molar-refractivity contribution in [1.82, 2.24) is 4.72 Å². The summed E-state index contributed by atoms with van der Waals surface area (Å²) in [6.45, 7) is 9.34. The predicted molar refractivity (Wildman–Crippen MR) is 118 cm³/mol. The molecule has 0 saturated carbocycles. The zero-order valence-electron chi connectivity index (χ0n) is 17.0. The summed E-state index contributed by atoms with van der Waals surface area (Å²) in [7, 11) is -4.13. The minimum atomic E-state index is -4.13. The number of anilines is 1. The molecule has 0 bridgehead atoms. The van der Waals surface area contributed by atoms with Gasteiger partial charge in [0.1, 0.15) is 0 Å². The Morgan fingerprint density at radius 2 is 1.52 bits per heavy atom. The van der Waals surface area contributed by atoms with Crippen LogP contribution in [-0.4, -0.2) is 20.2 Å². The molecule has 0 heterocycles. The van der Waals surface area contributed by atoms with E-state index in [9.17, 15) is 18.0 Å². The topological polar surface area (TPSA) is 92.3 Å². The Morgan fingerprint density at radius 1 is 0.966 bits per heavy atom. The first-order valence-corrected chi connectivity index (χ1v) is 11.5. The summed E-state index contributed by atoms with van der Waals surface area (Å²) in [6, 6.07) is 8.54. The second-order valence-corrected chi connectivity index (χ2v) is 10.0. The molecule has 0 aromatic heterocycles. The molecule has 0 atom stereocenters. The summed E-state index contributed by atoms with van der Waals surface area (Å²) in [4.78, 5) is 23.9. The van der Waals surface area contributed by atoms with Crippen molar-refractivity contribution in [1.29, 1.82) is 0 Å². The molecule has 0 unspecified atom stereocenters. The first kappa shape index (κ1) is 23.1.